The van der Waals surface area contributed by atoms with Crippen LogP contribution in [0.2, 0.25) is 0 Å². The molecule has 0 aliphatic heterocycles. The third-order valence-corrected chi connectivity index (χ3v) is 4.13. The number of carbonyl (C=O) groups is 2. The maximum atomic E-state index is 11.8. The van der Waals surface area contributed by atoms with Gasteiger partial charge in [0.15, 0.2) is 17.1 Å². The summed E-state index contributed by atoms with van der Waals surface area (Å²) in [4.78, 5) is 23.2. The van der Waals surface area contributed by atoms with Crippen molar-refractivity contribution in [3.63, 3.8) is 0 Å². The van der Waals surface area contributed by atoms with Gasteiger partial charge in [0.1, 0.15) is 5.76 Å². The Bertz CT molecular complexity index is 964. The van der Waals surface area contributed by atoms with Crippen molar-refractivity contribution in [1.82, 2.24) is 0 Å². The Morgan fingerprint density at radius 2 is 1.84 bits per heavy atom. The highest BCUT2D eigenvalue weighted by atomic mass is 16.5. The number of hydrogen-bond donors (Lipinski definition) is 1. The Labute approximate surface area is 144 Å². The number of Topliss-reactive ketones (excluding diaryl/α,β-unsaturated/α-hetero) is 1. The van der Waals surface area contributed by atoms with E-state index in [1.54, 1.807) is 12.1 Å². The van der Waals surface area contributed by atoms with Crippen molar-refractivity contribution in [3.8, 4) is 17.1 Å². The first-order valence-electron chi connectivity index (χ1n) is 7.84. The van der Waals surface area contributed by atoms with E-state index in [9.17, 15) is 14.7 Å². The lowest BCUT2D eigenvalue weighted by Gasteiger charge is -2.04. The lowest BCUT2D eigenvalue weighted by atomic mass is 10.00. The molecule has 0 saturated heterocycles. The van der Waals surface area contributed by atoms with E-state index < -0.39 is 5.97 Å². The van der Waals surface area contributed by atoms with E-state index in [-0.39, 0.29) is 12.2 Å². The van der Waals surface area contributed by atoms with E-state index in [4.69, 9.17) is 9.15 Å². The number of ether oxygens (including phenoxy) is 1. The van der Waals surface area contributed by atoms with Crippen molar-refractivity contribution in [2.45, 2.75) is 20.3 Å². The van der Waals surface area contributed by atoms with Crippen molar-refractivity contribution in [3.05, 3.63) is 53.1 Å². The van der Waals surface area contributed by atoms with Crippen LogP contribution in [0, 0.1) is 6.92 Å². The van der Waals surface area contributed by atoms with Gasteiger partial charge in [-0.25, -0.2) is 0 Å². The number of fused-ring (bicyclic) bond motifs is 1. The molecule has 0 aliphatic carbocycles. The fraction of sp³-hybridized carbons (Fsp3) is 0.200. The minimum Gasteiger partial charge on any atom is -0.493 e. The number of carboxylic acid groups (broad SMARTS) is 1. The van der Waals surface area contributed by atoms with Gasteiger partial charge in [0, 0.05) is 22.1 Å². The number of ketones is 1. The minimum absolute atomic E-state index is 0.125. The molecule has 5 heteroatoms. The Morgan fingerprint density at radius 1 is 1.16 bits per heavy atom. The highest BCUT2D eigenvalue weighted by Crippen LogP contribution is 2.39. The van der Waals surface area contributed by atoms with E-state index >= 15 is 0 Å². The van der Waals surface area contributed by atoms with Crippen LogP contribution in [-0.2, 0) is 11.2 Å². The summed E-state index contributed by atoms with van der Waals surface area (Å²) in [5.41, 5.74) is 3.31. The number of methoxy groups -OCH3 is 1. The Balaban J connectivity index is 2.34. The van der Waals surface area contributed by atoms with Crippen molar-refractivity contribution in [2.24, 2.45) is 0 Å². The number of carboxylic acids is 1. The smallest absolute Gasteiger partial charge is 0.307 e. The third kappa shape index (κ3) is 3.13. The van der Waals surface area contributed by atoms with Crippen LogP contribution in [0.5, 0.6) is 5.75 Å². The maximum absolute atomic E-state index is 11.8. The van der Waals surface area contributed by atoms with Crippen molar-refractivity contribution >= 4 is 22.7 Å². The predicted octanol–water partition coefficient (Wildman–Crippen LogP) is 4.25. The summed E-state index contributed by atoms with van der Waals surface area (Å²) in [7, 11) is 1.49. The Hall–Kier alpha value is -3.08. The average molecular weight is 338 g/mol. The zero-order chi connectivity index (χ0) is 18.1. The average Bonchev–Trinajstić information content (AvgIpc) is 2.92. The summed E-state index contributed by atoms with van der Waals surface area (Å²) in [6, 6.07) is 10.9. The second-order valence-corrected chi connectivity index (χ2v) is 5.96. The van der Waals surface area contributed by atoms with Gasteiger partial charge in [-0.15, -0.1) is 0 Å². The molecule has 128 valence electrons. The van der Waals surface area contributed by atoms with E-state index in [2.05, 4.69) is 0 Å². The lowest BCUT2D eigenvalue weighted by Crippen LogP contribution is -2.01. The molecule has 0 atom stereocenters. The van der Waals surface area contributed by atoms with Gasteiger partial charge in [-0.05, 0) is 26.0 Å². The molecule has 0 aliphatic rings. The molecule has 3 aromatic rings. The van der Waals surface area contributed by atoms with E-state index in [0.717, 1.165) is 11.1 Å². The molecule has 0 spiro atoms. The Morgan fingerprint density at radius 3 is 2.40 bits per heavy atom. The second kappa shape index (κ2) is 6.43. The molecule has 0 fully saturated rings. The summed E-state index contributed by atoms with van der Waals surface area (Å²) in [5, 5.41) is 9.91. The molecule has 1 heterocycles. The topological polar surface area (TPSA) is 76.7 Å². The maximum Gasteiger partial charge on any atom is 0.307 e. The third-order valence-electron chi connectivity index (χ3n) is 4.13. The zero-order valence-electron chi connectivity index (χ0n) is 14.3. The van der Waals surface area contributed by atoms with E-state index in [1.807, 2.05) is 31.2 Å². The fourth-order valence-corrected chi connectivity index (χ4v) is 2.84. The van der Waals surface area contributed by atoms with Gasteiger partial charge in [-0.1, -0.05) is 29.8 Å². The molecule has 0 bridgehead atoms. The normalized spacial score (nSPS) is 10.8. The van der Waals surface area contributed by atoms with Crippen LogP contribution in [0.25, 0.3) is 22.3 Å². The summed E-state index contributed by atoms with van der Waals surface area (Å²) < 4.78 is 11.3. The van der Waals surface area contributed by atoms with Crippen molar-refractivity contribution < 1.29 is 23.8 Å². The molecule has 1 N–H and O–H groups in total. The van der Waals surface area contributed by atoms with Gasteiger partial charge >= 0.3 is 5.97 Å². The molecular weight excluding hydrogens is 320 g/mol. The number of aliphatic carboxylic acids is 1. The molecular formula is C20H18O5. The van der Waals surface area contributed by atoms with Gasteiger partial charge in [0.2, 0.25) is 0 Å². The first-order valence-corrected chi connectivity index (χ1v) is 7.84. The molecule has 25 heavy (non-hydrogen) atoms. The summed E-state index contributed by atoms with van der Waals surface area (Å²) in [5.74, 6) is -0.202. The summed E-state index contributed by atoms with van der Waals surface area (Å²) >= 11 is 0. The number of furan rings is 1. The molecule has 0 saturated carbocycles. The number of aryl methyl sites for hydroxylation is 1. The van der Waals surface area contributed by atoms with Crippen LogP contribution < -0.4 is 4.74 Å². The van der Waals surface area contributed by atoms with E-state index in [0.29, 0.717) is 33.6 Å². The van der Waals surface area contributed by atoms with Crippen molar-refractivity contribution in [2.75, 3.05) is 7.11 Å². The highest BCUT2D eigenvalue weighted by molar-refractivity contribution is 6.02. The molecule has 0 radical (unpaired) electrons. The molecule has 2 aromatic carbocycles. The first-order chi connectivity index (χ1) is 11.9. The summed E-state index contributed by atoms with van der Waals surface area (Å²) in [6.07, 6.45) is -0.208. The van der Waals surface area contributed by atoms with Gasteiger partial charge in [0.25, 0.3) is 0 Å². The molecule has 0 amide bonds. The SMILES string of the molecule is COc1cc(C(C)=O)cc2c(CC(=O)O)c(-c3ccc(C)cc3)oc12. The molecule has 0 unspecified atom stereocenters. The van der Waals surface area contributed by atoms with Crippen LogP contribution in [0.3, 0.4) is 0 Å². The first kappa shape index (κ1) is 16.8. The quantitative estimate of drug-likeness (QED) is 0.704. The van der Waals surface area contributed by atoms with Crippen LogP contribution in [0.4, 0.5) is 0 Å². The lowest BCUT2D eigenvalue weighted by molar-refractivity contribution is -0.136. The zero-order valence-corrected chi connectivity index (χ0v) is 14.3. The summed E-state index contributed by atoms with van der Waals surface area (Å²) in [6.45, 7) is 3.43. The van der Waals surface area contributed by atoms with Crippen LogP contribution in [0.15, 0.2) is 40.8 Å². The second-order valence-electron chi connectivity index (χ2n) is 5.96. The monoisotopic (exact) mass is 338 g/mol. The van der Waals surface area contributed by atoms with Gasteiger partial charge < -0.3 is 14.3 Å². The number of benzene rings is 2. The van der Waals surface area contributed by atoms with E-state index in [1.165, 1.54) is 14.0 Å². The predicted molar refractivity (Wildman–Crippen MR) is 94.3 cm³/mol. The molecule has 1 aromatic heterocycles. The largest absolute Gasteiger partial charge is 0.493 e. The highest BCUT2D eigenvalue weighted by Gasteiger charge is 2.22. The fourth-order valence-electron chi connectivity index (χ4n) is 2.84. The Kier molecular flexibility index (Phi) is 4.31. The van der Waals surface area contributed by atoms with Crippen LogP contribution in [0.1, 0.15) is 28.4 Å². The minimum atomic E-state index is -0.969. The van der Waals surface area contributed by atoms with Crippen LogP contribution >= 0.6 is 0 Å². The van der Waals surface area contributed by atoms with Crippen molar-refractivity contribution in [1.29, 1.82) is 0 Å². The molecule has 5 nitrogen and oxygen atoms in total. The van der Waals surface area contributed by atoms with Crippen LogP contribution in [-0.4, -0.2) is 24.0 Å². The number of hydrogen-bond acceptors (Lipinski definition) is 4. The van der Waals surface area contributed by atoms with Gasteiger partial charge in [-0.3, -0.25) is 9.59 Å². The number of rotatable bonds is 5. The van der Waals surface area contributed by atoms with Gasteiger partial charge in [-0.2, -0.15) is 0 Å². The number of carbonyl (C=O) groups excluding carboxylic acids is 1. The molecule has 3 rings (SSSR count). The van der Waals surface area contributed by atoms with Gasteiger partial charge in [0.05, 0.1) is 13.5 Å². The standard InChI is InChI=1S/C20H18O5/c1-11-4-6-13(7-5-11)19-16(10-18(22)23)15-8-14(12(2)21)9-17(24-3)20(15)25-19/h4-9H,10H2,1-3H3,(H,22,23).